The van der Waals surface area contributed by atoms with Crippen LogP contribution in [0.25, 0.3) is 0 Å². The van der Waals surface area contributed by atoms with E-state index in [0.717, 1.165) is 0 Å². The number of carbonyl (C=O) groups is 2. The van der Waals surface area contributed by atoms with Crippen molar-refractivity contribution in [2.24, 2.45) is 0 Å². The Hall–Kier alpha value is -2.80. The first-order valence-corrected chi connectivity index (χ1v) is 8.50. The smallest absolute Gasteiger partial charge is 0.257 e. The van der Waals surface area contributed by atoms with Crippen LogP contribution in [0.5, 0.6) is 5.75 Å². The molecule has 1 aliphatic rings. The number of nitrogens with one attached hydrogen (secondary N) is 1. The van der Waals surface area contributed by atoms with Gasteiger partial charge < -0.3 is 24.1 Å². The van der Waals surface area contributed by atoms with Crippen LogP contribution in [-0.4, -0.2) is 55.7 Å². The topological polar surface area (TPSA) is 81.0 Å². The molecule has 1 aromatic carbocycles. The molecule has 0 bridgehead atoms. The first kappa shape index (κ1) is 18.0. The maximum atomic E-state index is 12.8. The quantitative estimate of drug-likeness (QED) is 0.762. The van der Waals surface area contributed by atoms with Gasteiger partial charge in [-0.2, -0.15) is 0 Å². The molecule has 2 amide bonds. The lowest BCUT2D eigenvalue weighted by molar-refractivity contribution is -0.125. The fourth-order valence-electron chi connectivity index (χ4n) is 2.99. The van der Waals surface area contributed by atoms with E-state index in [0.29, 0.717) is 37.4 Å². The molecule has 2 aromatic rings. The molecule has 0 saturated carbocycles. The maximum absolute atomic E-state index is 12.8. The third kappa shape index (κ3) is 4.23. The zero-order valence-electron chi connectivity index (χ0n) is 14.6. The second-order valence-corrected chi connectivity index (χ2v) is 6.06. The molecule has 2 heterocycles. The highest BCUT2D eigenvalue weighted by Crippen LogP contribution is 2.25. The van der Waals surface area contributed by atoms with Gasteiger partial charge in [0.2, 0.25) is 5.91 Å². The molecular formula is C19H22N2O5. The number of hydrogen-bond acceptors (Lipinski definition) is 5. The normalized spacial score (nSPS) is 19.3. The fourth-order valence-corrected chi connectivity index (χ4v) is 2.99. The number of nitrogens with zero attached hydrogens (tertiary/aromatic N) is 1. The number of hydrogen-bond donors (Lipinski definition) is 1. The standard InChI is InChI=1S/C19H22N2O5/c1-24-10-8-20-18(22)17-11-16(26-15-5-3-2-4-6-15)12-21(17)19(23)14-7-9-25-13-14/h2-7,9,13,16-17H,8,10-12H2,1H3,(H,20,22)/t16-,17-/m0/s1. The average Bonchev–Trinajstić information content (AvgIpc) is 3.32. The SMILES string of the molecule is COCCNC(=O)[C@@H]1C[C@H](Oc2ccccc2)CN1C(=O)c1ccoc1. The highest BCUT2D eigenvalue weighted by Gasteiger charge is 2.41. The van der Waals surface area contributed by atoms with E-state index in [4.69, 9.17) is 13.9 Å². The molecule has 0 radical (unpaired) electrons. The van der Waals surface area contributed by atoms with Gasteiger partial charge in [-0.3, -0.25) is 9.59 Å². The Morgan fingerprint density at radius 2 is 2.08 bits per heavy atom. The first-order chi connectivity index (χ1) is 12.7. The van der Waals surface area contributed by atoms with Crippen LogP contribution in [0.2, 0.25) is 0 Å². The molecule has 1 aliphatic heterocycles. The van der Waals surface area contributed by atoms with Crippen molar-refractivity contribution < 1.29 is 23.5 Å². The van der Waals surface area contributed by atoms with Gasteiger partial charge >= 0.3 is 0 Å². The van der Waals surface area contributed by atoms with E-state index >= 15 is 0 Å². The first-order valence-electron chi connectivity index (χ1n) is 8.50. The van der Waals surface area contributed by atoms with E-state index < -0.39 is 6.04 Å². The number of rotatable bonds is 7. The molecule has 1 fully saturated rings. The monoisotopic (exact) mass is 358 g/mol. The Labute approximate surface area is 151 Å². The Balaban J connectivity index is 1.72. The summed E-state index contributed by atoms with van der Waals surface area (Å²) in [6.45, 7) is 1.14. The lowest BCUT2D eigenvalue weighted by atomic mass is 10.1. The van der Waals surface area contributed by atoms with Gasteiger partial charge in [-0.25, -0.2) is 0 Å². The minimum Gasteiger partial charge on any atom is -0.488 e. The van der Waals surface area contributed by atoms with Crippen molar-refractivity contribution in [1.29, 1.82) is 0 Å². The largest absolute Gasteiger partial charge is 0.488 e. The van der Waals surface area contributed by atoms with E-state index in [1.54, 1.807) is 18.1 Å². The van der Waals surface area contributed by atoms with Crippen molar-refractivity contribution in [3.63, 3.8) is 0 Å². The molecule has 0 spiro atoms. The van der Waals surface area contributed by atoms with Gasteiger partial charge in [0.1, 0.15) is 24.2 Å². The molecule has 26 heavy (non-hydrogen) atoms. The maximum Gasteiger partial charge on any atom is 0.257 e. The molecule has 1 N–H and O–H groups in total. The van der Waals surface area contributed by atoms with Crippen molar-refractivity contribution in [2.45, 2.75) is 18.6 Å². The molecule has 1 saturated heterocycles. The summed E-state index contributed by atoms with van der Waals surface area (Å²) in [5.41, 5.74) is 0.417. The van der Waals surface area contributed by atoms with Crippen molar-refractivity contribution in [3.8, 4) is 5.75 Å². The van der Waals surface area contributed by atoms with Crippen molar-refractivity contribution in [2.75, 3.05) is 26.8 Å². The third-order valence-electron chi connectivity index (χ3n) is 4.25. The predicted molar refractivity (Wildman–Crippen MR) is 93.9 cm³/mol. The summed E-state index contributed by atoms with van der Waals surface area (Å²) in [6, 6.07) is 10.4. The average molecular weight is 358 g/mol. The summed E-state index contributed by atoms with van der Waals surface area (Å²) in [7, 11) is 1.57. The van der Waals surface area contributed by atoms with Gasteiger partial charge in [0.25, 0.3) is 5.91 Å². The van der Waals surface area contributed by atoms with Crippen LogP contribution in [0, 0.1) is 0 Å². The summed E-state index contributed by atoms with van der Waals surface area (Å²) in [5.74, 6) is 0.261. The number of likely N-dealkylation sites (tertiary alicyclic amines) is 1. The third-order valence-corrected chi connectivity index (χ3v) is 4.25. The summed E-state index contributed by atoms with van der Waals surface area (Å²) >= 11 is 0. The number of benzene rings is 1. The van der Waals surface area contributed by atoms with Gasteiger partial charge in [-0.15, -0.1) is 0 Å². The van der Waals surface area contributed by atoms with Gasteiger partial charge in [0.05, 0.1) is 25.0 Å². The van der Waals surface area contributed by atoms with Gasteiger partial charge in [-0.1, -0.05) is 18.2 Å². The Morgan fingerprint density at radius 3 is 2.77 bits per heavy atom. The van der Waals surface area contributed by atoms with Crippen LogP contribution < -0.4 is 10.1 Å². The Morgan fingerprint density at radius 1 is 1.27 bits per heavy atom. The van der Waals surface area contributed by atoms with E-state index in [1.807, 2.05) is 30.3 Å². The van der Waals surface area contributed by atoms with Crippen LogP contribution in [0.15, 0.2) is 53.3 Å². The number of furan rings is 1. The molecular weight excluding hydrogens is 336 g/mol. The van der Waals surface area contributed by atoms with Crippen LogP contribution in [0.1, 0.15) is 16.8 Å². The van der Waals surface area contributed by atoms with Gasteiger partial charge in [-0.05, 0) is 18.2 Å². The molecule has 2 atom stereocenters. The second kappa shape index (κ2) is 8.53. The van der Waals surface area contributed by atoms with Gasteiger partial charge in [0, 0.05) is 20.1 Å². The van der Waals surface area contributed by atoms with Crippen molar-refractivity contribution >= 4 is 11.8 Å². The lowest BCUT2D eigenvalue weighted by Crippen LogP contribution is -2.46. The summed E-state index contributed by atoms with van der Waals surface area (Å²) < 4.78 is 15.9. The van der Waals surface area contributed by atoms with Crippen molar-refractivity contribution in [1.82, 2.24) is 10.2 Å². The number of ether oxygens (including phenoxy) is 2. The van der Waals surface area contributed by atoms with E-state index in [9.17, 15) is 9.59 Å². The molecule has 0 aliphatic carbocycles. The lowest BCUT2D eigenvalue weighted by Gasteiger charge is -2.23. The van der Waals surface area contributed by atoms with E-state index in [1.165, 1.54) is 12.5 Å². The highest BCUT2D eigenvalue weighted by molar-refractivity contribution is 5.97. The van der Waals surface area contributed by atoms with Crippen LogP contribution in [-0.2, 0) is 9.53 Å². The summed E-state index contributed by atoms with van der Waals surface area (Å²) in [5, 5.41) is 2.80. The number of para-hydroxylation sites is 1. The molecule has 7 heteroatoms. The predicted octanol–water partition coefficient (Wildman–Crippen LogP) is 1.70. The molecule has 3 rings (SSSR count). The fraction of sp³-hybridized carbons (Fsp3) is 0.368. The number of amides is 2. The summed E-state index contributed by atoms with van der Waals surface area (Å²) in [4.78, 5) is 26.9. The zero-order chi connectivity index (χ0) is 18.4. The van der Waals surface area contributed by atoms with Crippen LogP contribution in [0.4, 0.5) is 0 Å². The summed E-state index contributed by atoms with van der Waals surface area (Å²) in [6.07, 6.45) is 2.99. The Bertz CT molecular complexity index is 717. The van der Waals surface area contributed by atoms with E-state index in [2.05, 4.69) is 5.32 Å². The Kier molecular flexibility index (Phi) is 5.91. The van der Waals surface area contributed by atoms with E-state index in [-0.39, 0.29) is 17.9 Å². The highest BCUT2D eigenvalue weighted by atomic mass is 16.5. The van der Waals surface area contributed by atoms with Crippen LogP contribution >= 0.6 is 0 Å². The number of carbonyl (C=O) groups excluding carboxylic acids is 2. The van der Waals surface area contributed by atoms with Crippen molar-refractivity contribution in [3.05, 3.63) is 54.5 Å². The minimum absolute atomic E-state index is 0.210. The molecule has 138 valence electrons. The molecule has 7 nitrogen and oxygen atoms in total. The minimum atomic E-state index is -0.594. The molecule has 0 unspecified atom stereocenters. The second-order valence-electron chi connectivity index (χ2n) is 6.06. The van der Waals surface area contributed by atoms with Crippen LogP contribution in [0.3, 0.4) is 0 Å². The molecule has 1 aromatic heterocycles. The zero-order valence-corrected chi connectivity index (χ0v) is 14.6. The van der Waals surface area contributed by atoms with Gasteiger partial charge in [0.15, 0.2) is 0 Å². The number of methoxy groups -OCH3 is 1.